The van der Waals surface area contributed by atoms with Crippen molar-refractivity contribution in [1.82, 2.24) is 9.55 Å². The highest BCUT2D eigenvalue weighted by molar-refractivity contribution is 5.86. The smallest absolute Gasteiger partial charge is 0.157 e. The number of methoxy groups -OCH3 is 1. The fourth-order valence-electron chi connectivity index (χ4n) is 2.05. The van der Waals surface area contributed by atoms with Crippen molar-refractivity contribution in [2.24, 2.45) is 12.8 Å². The largest absolute Gasteiger partial charge is 0.385 e. The first-order valence-electron chi connectivity index (χ1n) is 6.31. The number of Topliss-reactive ketones (excluding diaryl/α,β-unsaturated/α-hetero) is 1. The minimum Gasteiger partial charge on any atom is -0.385 e. The Morgan fingerprint density at radius 1 is 1.47 bits per heavy atom. The summed E-state index contributed by atoms with van der Waals surface area (Å²) in [6, 6.07) is 7.33. The quantitative estimate of drug-likeness (QED) is 0.843. The van der Waals surface area contributed by atoms with Gasteiger partial charge in [-0.15, -0.1) is 0 Å². The molecule has 5 nitrogen and oxygen atoms in total. The standard InChI is InChI=1S/C14H19N3O2/c1-17-12-6-4-3-5-11(12)16-14(17)9-13(18)10(15)7-8-19-2/h3-6,10H,7-9,15H2,1-2H3. The lowest BCUT2D eigenvalue weighted by Crippen LogP contribution is -2.33. The molecule has 0 aliphatic carbocycles. The highest BCUT2D eigenvalue weighted by Gasteiger charge is 2.17. The molecule has 2 rings (SSSR count). The van der Waals surface area contributed by atoms with Crippen LogP contribution in [0.2, 0.25) is 0 Å². The van der Waals surface area contributed by atoms with Gasteiger partial charge in [0.25, 0.3) is 0 Å². The van der Waals surface area contributed by atoms with E-state index >= 15 is 0 Å². The molecule has 1 aromatic carbocycles. The molecule has 0 amide bonds. The third-order valence-corrected chi connectivity index (χ3v) is 3.26. The first-order valence-corrected chi connectivity index (χ1v) is 6.31. The van der Waals surface area contributed by atoms with E-state index in [-0.39, 0.29) is 12.2 Å². The molecule has 2 N–H and O–H groups in total. The number of carbonyl (C=O) groups is 1. The summed E-state index contributed by atoms with van der Waals surface area (Å²) in [6.45, 7) is 0.495. The normalized spacial score (nSPS) is 12.8. The van der Waals surface area contributed by atoms with Gasteiger partial charge in [0.05, 0.1) is 23.5 Å². The maximum atomic E-state index is 12.0. The predicted molar refractivity (Wildman–Crippen MR) is 73.9 cm³/mol. The molecule has 1 heterocycles. The average molecular weight is 261 g/mol. The van der Waals surface area contributed by atoms with Crippen LogP contribution in [0.3, 0.4) is 0 Å². The Bertz CT molecular complexity index is 577. The van der Waals surface area contributed by atoms with Gasteiger partial charge < -0.3 is 15.0 Å². The number of rotatable bonds is 6. The average Bonchev–Trinajstić information content (AvgIpc) is 2.73. The van der Waals surface area contributed by atoms with E-state index in [4.69, 9.17) is 10.5 Å². The molecule has 1 unspecified atom stereocenters. The molecule has 0 saturated heterocycles. The van der Waals surface area contributed by atoms with E-state index < -0.39 is 6.04 Å². The first kappa shape index (κ1) is 13.7. The van der Waals surface area contributed by atoms with Crippen LogP contribution in [0.15, 0.2) is 24.3 Å². The van der Waals surface area contributed by atoms with Gasteiger partial charge in [0.15, 0.2) is 5.78 Å². The number of nitrogens with two attached hydrogens (primary N) is 1. The molecular formula is C14H19N3O2. The molecular weight excluding hydrogens is 242 g/mol. The number of imidazole rings is 1. The summed E-state index contributed by atoms with van der Waals surface area (Å²) in [6.07, 6.45) is 0.801. The zero-order valence-electron chi connectivity index (χ0n) is 11.3. The molecule has 102 valence electrons. The molecule has 1 aromatic heterocycles. The Balaban J connectivity index is 2.13. The zero-order valence-corrected chi connectivity index (χ0v) is 11.3. The Kier molecular flexibility index (Phi) is 4.29. The second-order valence-electron chi connectivity index (χ2n) is 4.61. The topological polar surface area (TPSA) is 70.1 Å². The first-order chi connectivity index (χ1) is 9.13. The minimum absolute atomic E-state index is 0.00421. The van der Waals surface area contributed by atoms with Gasteiger partial charge in [-0.1, -0.05) is 12.1 Å². The number of carbonyl (C=O) groups excluding carboxylic acids is 1. The van der Waals surface area contributed by atoms with Crippen molar-refractivity contribution in [2.75, 3.05) is 13.7 Å². The van der Waals surface area contributed by atoms with Gasteiger partial charge in [0, 0.05) is 20.8 Å². The fraction of sp³-hybridized carbons (Fsp3) is 0.429. The maximum absolute atomic E-state index is 12.0. The molecule has 5 heteroatoms. The summed E-state index contributed by atoms with van der Waals surface area (Å²) < 4.78 is 6.87. The molecule has 0 spiro atoms. The van der Waals surface area contributed by atoms with E-state index in [1.165, 1.54) is 0 Å². The van der Waals surface area contributed by atoms with Crippen LogP contribution in [0.4, 0.5) is 0 Å². The summed E-state index contributed by atoms with van der Waals surface area (Å²) in [5.41, 5.74) is 7.75. The predicted octanol–water partition coefficient (Wildman–Crippen LogP) is 1.05. The number of ketones is 1. The van der Waals surface area contributed by atoms with Crippen molar-refractivity contribution >= 4 is 16.8 Å². The van der Waals surface area contributed by atoms with Gasteiger partial charge in [-0.05, 0) is 18.6 Å². The lowest BCUT2D eigenvalue weighted by Gasteiger charge is -2.09. The van der Waals surface area contributed by atoms with Crippen molar-refractivity contribution in [2.45, 2.75) is 18.9 Å². The number of ether oxygens (including phenoxy) is 1. The van der Waals surface area contributed by atoms with Crippen LogP contribution in [-0.4, -0.2) is 35.1 Å². The number of aryl methyl sites for hydroxylation is 1. The lowest BCUT2D eigenvalue weighted by molar-refractivity contribution is -0.120. The van der Waals surface area contributed by atoms with Gasteiger partial charge in [-0.25, -0.2) is 4.98 Å². The third-order valence-electron chi connectivity index (χ3n) is 3.26. The fourth-order valence-corrected chi connectivity index (χ4v) is 2.05. The van der Waals surface area contributed by atoms with Crippen LogP contribution in [0.25, 0.3) is 11.0 Å². The Labute approximate surface area is 112 Å². The Morgan fingerprint density at radius 3 is 2.89 bits per heavy atom. The van der Waals surface area contributed by atoms with Gasteiger partial charge >= 0.3 is 0 Å². The van der Waals surface area contributed by atoms with Crippen molar-refractivity contribution in [3.05, 3.63) is 30.1 Å². The molecule has 1 atom stereocenters. The van der Waals surface area contributed by atoms with E-state index in [0.717, 1.165) is 16.9 Å². The van der Waals surface area contributed by atoms with Crippen LogP contribution in [0, 0.1) is 0 Å². The molecule has 0 bridgehead atoms. The molecule has 0 fully saturated rings. The Hall–Kier alpha value is -1.72. The molecule has 0 saturated carbocycles. The maximum Gasteiger partial charge on any atom is 0.157 e. The van der Waals surface area contributed by atoms with Gasteiger partial charge in [0.1, 0.15) is 5.82 Å². The van der Waals surface area contributed by atoms with Crippen molar-refractivity contribution < 1.29 is 9.53 Å². The number of para-hydroxylation sites is 2. The number of fused-ring (bicyclic) bond motifs is 1. The van der Waals surface area contributed by atoms with E-state index in [0.29, 0.717) is 13.0 Å². The highest BCUT2D eigenvalue weighted by atomic mass is 16.5. The van der Waals surface area contributed by atoms with E-state index in [1.807, 2.05) is 35.9 Å². The van der Waals surface area contributed by atoms with Crippen LogP contribution >= 0.6 is 0 Å². The molecule has 0 aliphatic heterocycles. The van der Waals surface area contributed by atoms with E-state index in [9.17, 15) is 4.79 Å². The second-order valence-corrected chi connectivity index (χ2v) is 4.61. The summed E-state index contributed by atoms with van der Waals surface area (Å²) in [7, 11) is 3.52. The molecule has 0 aliphatic rings. The summed E-state index contributed by atoms with van der Waals surface area (Å²) in [5.74, 6) is 0.745. The SMILES string of the molecule is COCCC(N)C(=O)Cc1nc2ccccc2n1C. The van der Waals surface area contributed by atoms with E-state index in [2.05, 4.69) is 4.98 Å². The minimum atomic E-state index is -0.486. The van der Waals surface area contributed by atoms with Gasteiger partial charge in [-0.2, -0.15) is 0 Å². The number of aromatic nitrogens is 2. The second kappa shape index (κ2) is 5.95. The Morgan fingerprint density at radius 2 is 2.21 bits per heavy atom. The van der Waals surface area contributed by atoms with Crippen LogP contribution in [-0.2, 0) is 23.0 Å². The number of nitrogens with zero attached hydrogens (tertiary/aromatic N) is 2. The van der Waals surface area contributed by atoms with Gasteiger partial charge in [-0.3, -0.25) is 4.79 Å². The molecule has 0 radical (unpaired) electrons. The van der Waals surface area contributed by atoms with Gasteiger partial charge in [0.2, 0.25) is 0 Å². The summed E-state index contributed by atoms with van der Waals surface area (Å²) in [4.78, 5) is 16.5. The van der Waals surface area contributed by atoms with Crippen molar-refractivity contribution in [1.29, 1.82) is 0 Å². The van der Waals surface area contributed by atoms with Crippen LogP contribution in [0.5, 0.6) is 0 Å². The van der Waals surface area contributed by atoms with Crippen molar-refractivity contribution in [3.63, 3.8) is 0 Å². The number of hydrogen-bond donors (Lipinski definition) is 1. The number of benzene rings is 1. The van der Waals surface area contributed by atoms with Crippen LogP contribution in [0.1, 0.15) is 12.2 Å². The lowest BCUT2D eigenvalue weighted by atomic mass is 10.1. The van der Waals surface area contributed by atoms with Crippen LogP contribution < -0.4 is 5.73 Å². The molecule has 19 heavy (non-hydrogen) atoms. The molecule has 2 aromatic rings. The summed E-state index contributed by atoms with van der Waals surface area (Å²) in [5, 5.41) is 0. The third kappa shape index (κ3) is 3.00. The van der Waals surface area contributed by atoms with E-state index in [1.54, 1.807) is 7.11 Å². The summed E-state index contributed by atoms with van der Waals surface area (Å²) >= 11 is 0. The number of hydrogen-bond acceptors (Lipinski definition) is 4. The highest BCUT2D eigenvalue weighted by Crippen LogP contribution is 2.15. The van der Waals surface area contributed by atoms with Crippen molar-refractivity contribution in [3.8, 4) is 0 Å². The monoisotopic (exact) mass is 261 g/mol. The zero-order chi connectivity index (χ0) is 13.8.